The first-order chi connectivity index (χ1) is 21.9. The summed E-state index contributed by atoms with van der Waals surface area (Å²) in [6.45, 7) is 8.46. The van der Waals surface area contributed by atoms with E-state index in [0.29, 0.717) is 35.7 Å². The summed E-state index contributed by atoms with van der Waals surface area (Å²) in [7, 11) is 0. The Kier molecular flexibility index (Phi) is 6.63. The summed E-state index contributed by atoms with van der Waals surface area (Å²) in [6, 6.07) is 23.8. The van der Waals surface area contributed by atoms with Crippen molar-refractivity contribution < 1.29 is 19.1 Å². The van der Waals surface area contributed by atoms with Gasteiger partial charge in [-0.2, -0.15) is 0 Å². The zero-order valence-corrected chi connectivity index (χ0v) is 27.8. The minimum absolute atomic E-state index is 0.111. The molecule has 2 unspecified atom stereocenters. The van der Waals surface area contributed by atoms with Gasteiger partial charge in [-0.25, -0.2) is 0 Å². The second-order valence-corrected chi connectivity index (χ2v) is 15.7. The van der Waals surface area contributed by atoms with E-state index in [9.17, 15) is 9.59 Å². The summed E-state index contributed by atoms with van der Waals surface area (Å²) in [6.07, 6.45) is 2.27. The van der Waals surface area contributed by atoms with Crippen LogP contribution in [0.15, 0.2) is 95.5 Å². The first kappa shape index (κ1) is 29.5. The van der Waals surface area contributed by atoms with Crippen LogP contribution in [0.4, 0.5) is 0 Å². The van der Waals surface area contributed by atoms with Gasteiger partial charge in [0.2, 0.25) is 0 Å². The van der Waals surface area contributed by atoms with Gasteiger partial charge in [0.05, 0.1) is 0 Å². The van der Waals surface area contributed by atoms with Gasteiger partial charge in [-0.15, -0.1) is 0 Å². The molecule has 0 saturated carbocycles. The second kappa shape index (κ2) is 10.3. The van der Waals surface area contributed by atoms with Crippen LogP contribution in [0.5, 0.6) is 11.5 Å². The number of allylic oxidation sites excluding steroid dienone is 4. The number of benzene rings is 4. The zero-order chi connectivity index (χ0) is 32.1. The van der Waals surface area contributed by atoms with Gasteiger partial charge in [0, 0.05) is 69.8 Å². The maximum atomic E-state index is 13.9. The van der Waals surface area contributed by atoms with E-state index in [1.165, 1.54) is 0 Å². The maximum absolute atomic E-state index is 13.9. The summed E-state index contributed by atoms with van der Waals surface area (Å²) < 4.78 is 13.3. The second-order valence-electron chi connectivity index (χ2n) is 14.8. The molecule has 0 saturated heterocycles. The highest BCUT2D eigenvalue weighted by Crippen LogP contribution is 2.56. The number of rotatable bonds is 2. The van der Waals surface area contributed by atoms with Crippen LogP contribution in [0.1, 0.15) is 87.5 Å². The molecular formula is C40H34Cl2O4. The van der Waals surface area contributed by atoms with Gasteiger partial charge in [-0.05, 0) is 69.1 Å². The molecule has 2 heterocycles. The van der Waals surface area contributed by atoms with Crippen molar-refractivity contribution in [2.45, 2.75) is 65.2 Å². The van der Waals surface area contributed by atoms with Crippen molar-refractivity contribution in [1.82, 2.24) is 0 Å². The normalized spacial score (nSPS) is 22.8. The lowest BCUT2D eigenvalue weighted by atomic mass is 9.68. The van der Waals surface area contributed by atoms with E-state index in [1.807, 2.05) is 60.7 Å². The predicted molar refractivity (Wildman–Crippen MR) is 182 cm³/mol. The van der Waals surface area contributed by atoms with Crippen LogP contribution in [-0.2, 0) is 9.59 Å². The Morgan fingerprint density at radius 2 is 0.913 bits per heavy atom. The van der Waals surface area contributed by atoms with E-state index in [1.54, 1.807) is 0 Å². The fourth-order valence-electron chi connectivity index (χ4n) is 8.10. The smallest absolute Gasteiger partial charge is 0.163 e. The Bertz CT molecular complexity index is 1900. The molecule has 0 bridgehead atoms. The molecule has 4 aliphatic rings. The van der Waals surface area contributed by atoms with Crippen molar-refractivity contribution in [3.8, 4) is 11.5 Å². The standard InChI is InChI=1S/C40H34Cl2O4/c1-39(2)17-27(43)37-31(19-39)45-29-15-13-26-25(35(29)33(37)21-5-9-23(41)10-6-21)14-16-30-36(26)34(22-7-11-24(42)12-8-22)38-28(44)18-40(3,4)20-32(38)46-30/h5-16,33-34H,17-20H2,1-4H3. The molecule has 232 valence electrons. The lowest BCUT2D eigenvalue weighted by molar-refractivity contribution is -0.119. The predicted octanol–water partition coefficient (Wildman–Crippen LogP) is 10.5. The molecule has 4 nitrogen and oxygen atoms in total. The molecule has 0 fully saturated rings. The summed E-state index contributed by atoms with van der Waals surface area (Å²) in [4.78, 5) is 27.9. The van der Waals surface area contributed by atoms with Gasteiger partial charge in [-0.3, -0.25) is 9.59 Å². The molecule has 8 rings (SSSR count). The number of hydrogen-bond acceptors (Lipinski definition) is 4. The van der Waals surface area contributed by atoms with E-state index in [4.69, 9.17) is 32.7 Å². The van der Waals surface area contributed by atoms with Gasteiger partial charge in [-0.1, -0.05) is 87.3 Å². The van der Waals surface area contributed by atoms with Crippen LogP contribution in [0.2, 0.25) is 10.0 Å². The highest BCUT2D eigenvalue weighted by atomic mass is 35.5. The van der Waals surface area contributed by atoms with Crippen LogP contribution in [0.3, 0.4) is 0 Å². The first-order valence-electron chi connectivity index (χ1n) is 15.9. The fourth-order valence-corrected chi connectivity index (χ4v) is 8.35. The van der Waals surface area contributed by atoms with Gasteiger partial charge < -0.3 is 9.47 Å². The number of ether oxygens (including phenoxy) is 2. The highest BCUT2D eigenvalue weighted by Gasteiger charge is 2.45. The average Bonchev–Trinajstić information content (AvgIpc) is 2.98. The number of ketones is 2. The fraction of sp³-hybridized carbons (Fsp3) is 0.300. The van der Waals surface area contributed by atoms with Crippen molar-refractivity contribution in [2.24, 2.45) is 10.8 Å². The van der Waals surface area contributed by atoms with E-state index in [2.05, 4.69) is 39.8 Å². The molecule has 0 spiro atoms. The number of carbonyl (C=O) groups excluding carboxylic acids is 2. The van der Waals surface area contributed by atoms with Crippen LogP contribution < -0.4 is 9.47 Å². The highest BCUT2D eigenvalue weighted by molar-refractivity contribution is 6.30. The number of halogens is 2. The molecule has 2 atom stereocenters. The monoisotopic (exact) mass is 648 g/mol. The maximum Gasteiger partial charge on any atom is 0.163 e. The van der Waals surface area contributed by atoms with E-state index in [-0.39, 0.29) is 34.2 Å². The number of carbonyl (C=O) groups is 2. The SMILES string of the molecule is CC1(C)CC(=O)C2=C(C1)Oc1ccc3c4c(ccc3c1C2c1ccc(Cl)cc1)OC1=C(C(=O)CC(C)(C)C1)C4c1ccc(Cl)cc1. The van der Waals surface area contributed by atoms with Crippen LogP contribution in [0.25, 0.3) is 10.8 Å². The lowest BCUT2D eigenvalue weighted by Gasteiger charge is -2.40. The van der Waals surface area contributed by atoms with Crippen molar-refractivity contribution in [3.05, 3.63) is 128 Å². The Morgan fingerprint density at radius 3 is 1.28 bits per heavy atom. The molecule has 4 aromatic carbocycles. The van der Waals surface area contributed by atoms with Gasteiger partial charge in [0.1, 0.15) is 23.0 Å². The quantitative estimate of drug-likeness (QED) is 0.217. The lowest BCUT2D eigenvalue weighted by Crippen LogP contribution is -2.33. The van der Waals surface area contributed by atoms with Crippen molar-refractivity contribution in [1.29, 1.82) is 0 Å². The van der Waals surface area contributed by atoms with E-state index >= 15 is 0 Å². The van der Waals surface area contributed by atoms with Crippen LogP contribution >= 0.6 is 23.2 Å². The van der Waals surface area contributed by atoms with Crippen molar-refractivity contribution in [2.75, 3.05) is 0 Å². The molecule has 0 aromatic heterocycles. The minimum atomic E-state index is -0.327. The molecule has 6 heteroatoms. The Morgan fingerprint density at radius 1 is 0.543 bits per heavy atom. The van der Waals surface area contributed by atoms with E-state index in [0.717, 1.165) is 67.2 Å². The largest absolute Gasteiger partial charge is 0.461 e. The Hall–Kier alpha value is -3.86. The molecule has 0 N–H and O–H groups in total. The van der Waals surface area contributed by atoms with E-state index < -0.39 is 0 Å². The zero-order valence-electron chi connectivity index (χ0n) is 26.3. The number of hydrogen-bond donors (Lipinski definition) is 0. The number of fused-ring (bicyclic) bond motifs is 5. The first-order valence-corrected chi connectivity index (χ1v) is 16.6. The summed E-state index contributed by atoms with van der Waals surface area (Å²) in [5.74, 6) is 2.55. The molecule has 46 heavy (non-hydrogen) atoms. The summed E-state index contributed by atoms with van der Waals surface area (Å²) >= 11 is 12.7. The third kappa shape index (κ3) is 4.72. The summed E-state index contributed by atoms with van der Waals surface area (Å²) in [5, 5.41) is 3.22. The molecular weight excluding hydrogens is 615 g/mol. The molecule has 2 aliphatic heterocycles. The van der Waals surface area contributed by atoms with Crippen LogP contribution in [0, 0.1) is 10.8 Å². The average molecular weight is 650 g/mol. The third-order valence-electron chi connectivity index (χ3n) is 9.99. The van der Waals surface area contributed by atoms with Gasteiger partial charge in [0.15, 0.2) is 11.6 Å². The third-order valence-corrected chi connectivity index (χ3v) is 10.5. The van der Waals surface area contributed by atoms with Gasteiger partial charge in [0.25, 0.3) is 0 Å². The Balaban J connectivity index is 1.40. The Labute approximate surface area is 279 Å². The van der Waals surface area contributed by atoms with Crippen molar-refractivity contribution >= 4 is 45.5 Å². The molecule has 0 amide bonds. The molecule has 0 radical (unpaired) electrons. The van der Waals surface area contributed by atoms with Crippen LogP contribution in [-0.4, -0.2) is 11.6 Å². The molecule has 2 aliphatic carbocycles. The minimum Gasteiger partial charge on any atom is -0.461 e. The van der Waals surface area contributed by atoms with Crippen molar-refractivity contribution in [3.63, 3.8) is 0 Å². The van der Waals surface area contributed by atoms with Gasteiger partial charge >= 0.3 is 0 Å². The number of Topliss-reactive ketones (excluding diaryl/α,β-unsaturated/α-hetero) is 2. The molecule has 4 aromatic rings. The summed E-state index contributed by atoms with van der Waals surface area (Å²) in [5.41, 5.74) is 4.92. The topological polar surface area (TPSA) is 52.6 Å².